The molecule has 1 heterocycles. The smallest absolute Gasteiger partial charge is 0.0992 e. The Morgan fingerprint density at radius 3 is 3.06 bits per heavy atom. The van der Waals surface area contributed by atoms with Gasteiger partial charge in [-0.05, 0) is 36.8 Å². The first-order valence-corrected chi connectivity index (χ1v) is 6.59. The third-order valence-corrected chi connectivity index (χ3v) is 3.92. The van der Waals surface area contributed by atoms with Crippen LogP contribution in [-0.4, -0.2) is 17.5 Å². The number of benzene rings is 1. The van der Waals surface area contributed by atoms with E-state index in [0.717, 1.165) is 17.1 Å². The summed E-state index contributed by atoms with van der Waals surface area (Å²) in [6, 6.07) is 7.98. The molecule has 0 bridgehead atoms. The molecule has 16 heavy (non-hydrogen) atoms. The van der Waals surface area contributed by atoms with Crippen LogP contribution in [0.25, 0.3) is 0 Å². The summed E-state index contributed by atoms with van der Waals surface area (Å²) >= 11 is 1.97. The number of anilines is 2. The van der Waals surface area contributed by atoms with Crippen molar-refractivity contribution in [3.63, 3.8) is 0 Å². The monoisotopic (exact) mass is 233 g/mol. The minimum absolute atomic E-state index is 0.481. The van der Waals surface area contributed by atoms with Gasteiger partial charge in [-0.15, -0.1) is 0 Å². The number of rotatable bonds is 2. The lowest BCUT2D eigenvalue weighted by atomic mass is 10.1. The molecule has 0 aromatic heterocycles. The Kier molecular flexibility index (Phi) is 3.58. The summed E-state index contributed by atoms with van der Waals surface area (Å²) in [5, 5.41) is 12.3. The Balaban J connectivity index is 2.10. The molecule has 0 spiro atoms. The Morgan fingerprint density at radius 2 is 2.38 bits per heavy atom. The van der Waals surface area contributed by atoms with E-state index in [4.69, 9.17) is 11.0 Å². The number of hydrogen-bond donors (Lipinski definition) is 2. The highest BCUT2D eigenvalue weighted by molar-refractivity contribution is 7.99. The van der Waals surface area contributed by atoms with Gasteiger partial charge in [0, 0.05) is 11.8 Å². The quantitative estimate of drug-likeness (QED) is 0.770. The molecule has 1 aromatic carbocycles. The van der Waals surface area contributed by atoms with Crippen molar-refractivity contribution in [2.24, 2.45) is 0 Å². The molecule has 1 saturated heterocycles. The Hall–Kier alpha value is -1.34. The number of nitrogens with zero attached hydrogens (tertiary/aromatic N) is 1. The minimum Gasteiger partial charge on any atom is -0.397 e. The largest absolute Gasteiger partial charge is 0.397 e. The van der Waals surface area contributed by atoms with Gasteiger partial charge in [-0.3, -0.25) is 0 Å². The Bertz CT molecular complexity index is 405. The second kappa shape index (κ2) is 5.13. The highest BCUT2D eigenvalue weighted by atomic mass is 32.2. The summed E-state index contributed by atoms with van der Waals surface area (Å²) in [6.07, 6.45) is 2.43. The van der Waals surface area contributed by atoms with Gasteiger partial charge in [0.05, 0.1) is 23.0 Å². The molecular formula is C12H15N3S. The normalized spacial score (nSPS) is 20.1. The lowest BCUT2D eigenvalue weighted by Gasteiger charge is -2.24. The van der Waals surface area contributed by atoms with Crippen LogP contribution in [0, 0.1) is 11.3 Å². The van der Waals surface area contributed by atoms with Crippen LogP contribution in [0.4, 0.5) is 11.4 Å². The van der Waals surface area contributed by atoms with Gasteiger partial charge in [0.15, 0.2) is 0 Å². The van der Waals surface area contributed by atoms with Gasteiger partial charge in [0.2, 0.25) is 0 Å². The van der Waals surface area contributed by atoms with Crippen LogP contribution in [0.15, 0.2) is 18.2 Å². The van der Waals surface area contributed by atoms with E-state index in [2.05, 4.69) is 11.4 Å². The topological polar surface area (TPSA) is 61.8 Å². The van der Waals surface area contributed by atoms with Crippen molar-refractivity contribution in [3.05, 3.63) is 23.8 Å². The highest BCUT2D eigenvalue weighted by Gasteiger charge is 2.14. The van der Waals surface area contributed by atoms with Crippen LogP contribution in [0.5, 0.6) is 0 Å². The molecule has 3 N–H and O–H groups in total. The second-order valence-corrected chi connectivity index (χ2v) is 5.12. The lowest BCUT2D eigenvalue weighted by molar-refractivity contribution is 0.685. The second-order valence-electron chi connectivity index (χ2n) is 3.97. The summed E-state index contributed by atoms with van der Waals surface area (Å²) < 4.78 is 0. The third kappa shape index (κ3) is 2.61. The molecule has 0 saturated carbocycles. The fourth-order valence-corrected chi connectivity index (χ4v) is 2.90. The van der Waals surface area contributed by atoms with Crippen LogP contribution in [0.2, 0.25) is 0 Å². The average Bonchev–Trinajstić information content (AvgIpc) is 2.33. The fourth-order valence-electron chi connectivity index (χ4n) is 1.83. The van der Waals surface area contributed by atoms with E-state index < -0.39 is 0 Å². The highest BCUT2D eigenvalue weighted by Crippen LogP contribution is 2.25. The maximum Gasteiger partial charge on any atom is 0.0992 e. The summed E-state index contributed by atoms with van der Waals surface area (Å²) in [4.78, 5) is 0. The number of nitriles is 1. The molecule has 2 rings (SSSR count). The Morgan fingerprint density at radius 1 is 1.50 bits per heavy atom. The van der Waals surface area contributed by atoms with Crippen molar-refractivity contribution in [1.29, 1.82) is 5.26 Å². The van der Waals surface area contributed by atoms with Gasteiger partial charge < -0.3 is 11.1 Å². The standard InChI is InChI=1S/C12H15N3S/c13-7-9-3-4-11(14)12(6-9)15-10-2-1-5-16-8-10/h3-4,6,10,15H,1-2,5,8,14H2. The van der Waals surface area contributed by atoms with Crippen molar-refractivity contribution in [2.75, 3.05) is 22.6 Å². The van der Waals surface area contributed by atoms with Crippen LogP contribution < -0.4 is 11.1 Å². The zero-order valence-electron chi connectivity index (χ0n) is 9.07. The predicted octanol–water partition coefficient (Wildman–Crippen LogP) is 2.45. The number of nitrogens with two attached hydrogens (primary N) is 1. The summed E-state index contributed by atoms with van der Waals surface area (Å²) in [6.45, 7) is 0. The van der Waals surface area contributed by atoms with Crippen LogP contribution >= 0.6 is 11.8 Å². The molecule has 84 valence electrons. The third-order valence-electron chi connectivity index (χ3n) is 2.70. The van der Waals surface area contributed by atoms with Crippen molar-refractivity contribution in [1.82, 2.24) is 0 Å². The maximum atomic E-state index is 8.84. The molecule has 0 aliphatic carbocycles. The summed E-state index contributed by atoms with van der Waals surface area (Å²) in [7, 11) is 0. The predicted molar refractivity (Wildman–Crippen MR) is 69.5 cm³/mol. The molecule has 1 fully saturated rings. The zero-order chi connectivity index (χ0) is 11.4. The van der Waals surface area contributed by atoms with E-state index in [1.54, 1.807) is 12.1 Å². The molecule has 1 aliphatic heterocycles. The molecule has 4 heteroatoms. The summed E-state index contributed by atoms with van der Waals surface area (Å²) in [5.74, 6) is 2.38. The van der Waals surface area contributed by atoms with Crippen molar-refractivity contribution in [2.45, 2.75) is 18.9 Å². The number of thioether (sulfide) groups is 1. The first kappa shape index (κ1) is 11.2. The number of hydrogen-bond acceptors (Lipinski definition) is 4. The van der Waals surface area contributed by atoms with Gasteiger partial charge in [0.25, 0.3) is 0 Å². The van der Waals surface area contributed by atoms with E-state index in [0.29, 0.717) is 11.6 Å². The van der Waals surface area contributed by atoms with Crippen LogP contribution in [0.3, 0.4) is 0 Å². The van der Waals surface area contributed by atoms with Crippen molar-refractivity contribution < 1.29 is 0 Å². The fraction of sp³-hybridized carbons (Fsp3) is 0.417. The maximum absolute atomic E-state index is 8.84. The van der Waals surface area contributed by atoms with Crippen molar-refractivity contribution >= 4 is 23.1 Å². The molecular weight excluding hydrogens is 218 g/mol. The average molecular weight is 233 g/mol. The molecule has 1 unspecified atom stereocenters. The molecule has 0 radical (unpaired) electrons. The SMILES string of the molecule is N#Cc1ccc(N)c(NC2CCCSC2)c1. The van der Waals surface area contributed by atoms with Crippen LogP contribution in [-0.2, 0) is 0 Å². The van der Waals surface area contributed by atoms with Gasteiger partial charge in [-0.25, -0.2) is 0 Å². The molecule has 3 nitrogen and oxygen atoms in total. The van der Waals surface area contributed by atoms with E-state index in [1.165, 1.54) is 18.6 Å². The molecule has 0 amide bonds. The number of nitrogen functional groups attached to an aromatic ring is 1. The molecule has 1 aliphatic rings. The number of nitrogens with one attached hydrogen (secondary N) is 1. The van der Waals surface area contributed by atoms with E-state index in [9.17, 15) is 0 Å². The van der Waals surface area contributed by atoms with E-state index in [-0.39, 0.29) is 0 Å². The summed E-state index contributed by atoms with van der Waals surface area (Å²) in [5.41, 5.74) is 8.15. The lowest BCUT2D eigenvalue weighted by Crippen LogP contribution is -2.26. The van der Waals surface area contributed by atoms with Crippen molar-refractivity contribution in [3.8, 4) is 6.07 Å². The van der Waals surface area contributed by atoms with Gasteiger partial charge in [-0.2, -0.15) is 17.0 Å². The van der Waals surface area contributed by atoms with Gasteiger partial charge >= 0.3 is 0 Å². The van der Waals surface area contributed by atoms with E-state index in [1.807, 2.05) is 17.8 Å². The van der Waals surface area contributed by atoms with Gasteiger partial charge in [-0.1, -0.05) is 0 Å². The van der Waals surface area contributed by atoms with E-state index >= 15 is 0 Å². The minimum atomic E-state index is 0.481. The van der Waals surface area contributed by atoms with Crippen LogP contribution in [0.1, 0.15) is 18.4 Å². The first-order chi connectivity index (χ1) is 7.79. The molecule has 1 atom stereocenters. The van der Waals surface area contributed by atoms with Gasteiger partial charge in [0.1, 0.15) is 0 Å². The molecule has 1 aromatic rings. The Labute approximate surface area is 100 Å². The first-order valence-electron chi connectivity index (χ1n) is 5.43. The zero-order valence-corrected chi connectivity index (χ0v) is 9.89.